The van der Waals surface area contributed by atoms with Gasteiger partial charge in [-0.1, -0.05) is 29.4 Å². The first-order valence-electron chi connectivity index (χ1n) is 8.16. The van der Waals surface area contributed by atoms with Crippen LogP contribution in [0.2, 0.25) is 0 Å². The van der Waals surface area contributed by atoms with Crippen molar-refractivity contribution < 1.29 is 4.52 Å². The number of anilines is 1. The second-order valence-electron chi connectivity index (χ2n) is 7.22. The van der Waals surface area contributed by atoms with Gasteiger partial charge in [0.15, 0.2) is 0 Å². The Bertz CT molecular complexity index is 862. The zero-order valence-electron chi connectivity index (χ0n) is 14.1. The molecule has 122 valence electrons. The van der Waals surface area contributed by atoms with Gasteiger partial charge < -0.3 is 9.84 Å². The van der Waals surface area contributed by atoms with Gasteiger partial charge in [0.25, 0.3) is 0 Å². The van der Waals surface area contributed by atoms with Gasteiger partial charge in [-0.25, -0.2) is 0 Å². The van der Waals surface area contributed by atoms with Crippen LogP contribution < -0.4 is 5.32 Å². The minimum absolute atomic E-state index is 0.000120. The van der Waals surface area contributed by atoms with E-state index >= 15 is 0 Å². The number of nitrogens with zero attached hydrogens (tertiary/aromatic N) is 3. The molecule has 0 bridgehead atoms. The highest BCUT2D eigenvalue weighted by molar-refractivity contribution is 5.54. The molecule has 0 spiro atoms. The lowest BCUT2D eigenvalue weighted by Gasteiger charge is -2.26. The van der Waals surface area contributed by atoms with Gasteiger partial charge >= 0.3 is 0 Å². The average molecular weight is 320 g/mol. The lowest BCUT2D eigenvalue weighted by atomic mass is 9.77. The van der Waals surface area contributed by atoms with Gasteiger partial charge in [-0.2, -0.15) is 4.98 Å². The Morgan fingerprint density at radius 1 is 1.12 bits per heavy atom. The second kappa shape index (κ2) is 5.44. The SMILES string of the molecule is CC(C)(C)Nc1ccc(-c2noc(C3Cc4ccccc43)n2)nc1. The van der Waals surface area contributed by atoms with Gasteiger partial charge in [0, 0.05) is 5.54 Å². The van der Waals surface area contributed by atoms with Gasteiger partial charge in [0.2, 0.25) is 11.7 Å². The van der Waals surface area contributed by atoms with E-state index in [4.69, 9.17) is 4.52 Å². The summed E-state index contributed by atoms with van der Waals surface area (Å²) in [6.07, 6.45) is 2.76. The van der Waals surface area contributed by atoms with Crippen LogP contribution in [-0.2, 0) is 6.42 Å². The highest BCUT2D eigenvalue weighted by Gasteiger charge is 2.31. The first-order chi connectivity index (χ1) is 11.5. The van der Waals surface area contributed by atoms with Gasteiger partial charge in [-0.05, 0) is 50.5 Å². The lowest BCUT2D eigenvalue weighted by Crippen LogP contribution is -2.26. The van der Waals surface area contributed by atoms with E-state index in [0.717, 1.165) is 17.8 Å². The van der Waals surface area contributed by atoms with Crippen molar-refractivity contribution in [2.24, 2.45) is 0 Å². The molecule has 2 heterocycles. The van der Waals surface area contributed by atoms with Gasteiger partial charge in [-0.15, -0.1) is 0 Å². The Kier molecular flexibility index (Phi) is 3.37. The number of nitrogens with one attached hydrogen (secondary N) is 1. The van der Waals surface area contributed by atoms with Crippen molar-refractivity contribution in [2.75, 3.05) is 5.32 Å². The highest BCUT2D eigenvalue weighted by atomic mass is 16.5. The molecule has 5 heteroatoms. The molecular formula is C19H20N4O. The van der Waals surface area contributed by atoms with E-state index in [0.29, 0.717) is 11.7 Å². The van der Waals surface area contributed by atoms with Gasteiger partial charge in [0.1, 0.15) is 5.69 Å². The molecule has 0 aliphatic heterocycles. The molecular weight excluding hydrogens is 300 g/mol. The molecule has 1 unspecified atom stereocenters. The number of hydrogen-bond donors (Lipinski definition) is 1. The summed E-state index contributed by atoms with van der Waals surface area (Å²) in [7, 11) is 0. The third-order valence-corrected chi connectivity index (χ3v) is 4.11. The van der Waals surface area contributed by atoms with Crippen molar-refractivity contribution in [1.82, 2.24) is 15.1 Å². The predicted molar refractivity (Wildman–Crippen MR) is 92.9 cm³/mol. The van der Waals surface area contributed by atoms with Crippen LogP contribution in [-0.4, -0.2) is 20.7 Å². The average Bonchev–Trinajstić information content (AvgIpc) is 2.97. The minimum atomic E-state index is 0.000120. The Hall–Kier alpha value is -2.69. The van der Waals surface area contributed by atoms with E-state index in [1.807, 2.05) is 18.2 Å². The molecule has 24 heavy (non-hydrogen) atoms. The Balaban J connectivity index is 1.53. The number of rotatable bonds is 3. The van der Waals surface area contributed by atoms with Crippen LogP contribution in [0.3, 0.4) is 0 Å². The van der Waals surface area contributed by atoms with Crippen molar-refractivity contribution in [1.29, 1.82) is 0 Å². The molecule has 0 saturated heterocycles. The molecule has 4 rings (SSSR count). The second-order valence-corrected chi connectivity index (χ2v) is 7.22. The Morgan fingerprint density at radius 2 is 1.96 bits per heavy atom. The van der Waals surface area contributed by atoms with E-state index in [2.05, 4.69) is 59.4 Å². The molecule has 2 aromatic heterocycles. The molecule has 0 saturated carbocycles. The topological polar surface area (TPSA) is 63.8 Å². The largest absolute Gasteiger partial charge is 0.379 e. The zero-order valence-corrected chi connectivity index (χ0v) is 14.1. The molecule has 1 aromatic carbocycles. The van der Waals surface area contributed by atoms with Crippen LogP contribution in [0.4, 0.5) is 5.69 Å². The van der Waals surface area contributed by atoms with Crippen molar-refractivity contribution in [3.63, 3.8) is 0 Å². The first kappa shape index (κ1) is 14.9. The van der Waals surface area contributed by atoms with Crippen LogP contribution in [0.25, 0.3) is 11.5 Å². The molecule has 3 aromatic rings. The standard InChI is InChI=1S/C19H20N4O/c1-19(2,3)22-13-8-9-16(20-11-13)17-21-18(24-23-17)15-10-12-6-4-5-7-14(12)15/h4-9,11,15,22H,10H2,1-3H3. The van der Waals surface area contributed by atoms with Crippen molar-refractivity contribution >= 4 is 5.69 Å². The van der Waals surface area contributed by atoms with Crippen LogP contribution >= 0.6 is 0 Å². The summed E-state index contributed by atoms with van der Waals surface area (Å²) in [5.74, 6) is 1.42. The molecule has 0 amide bonds. The molecule has 5 nitrogen and oxygen atoms in total. The summed E-state index contributed by atoms with van der Waals surface area (Å²) in [6, 6.07) is 12.3. The highest BCUT2D eigenvalue weighted by Crippen LogP contribution is 2.39. The molecule has 1 atom stereocenters. The van der Waals surface area contributed by atoms with Crippen LogP contribution in [0.5, 0.6) is 0 Å². The molecule has 1 N–H and O–H groups in total. The maximum atomic E-state index is 5.47. The van der Waals surface area contributed by atoms with E-state index < -0.39 is 0 Å². The smallest absolute Gasteiger partial charge is 0.234 e. The monoisotopic (exact) mass is 320 g/mol. The fourth-order valence-electron chi connectivity index (χ4n) is 2.99. The number of fused-ring (bicyclic) bond motifs is 1. The summed E-state index contributed by atoms with van der Waals surface area (Å²) >= 11 is 0. The van der Waals surface area contributed by atoms with Gasteiger partial charge in [-0.3, -0.25) is 4.98 Å². The Morgan fingerprint density at radius 3 is 2.67 bits per heavy atom. The van der Waals surface area contributed by atoms with E-state index in [9.17, 15) is 0 Å². The van der Waals surface area contributed by atoms with Crippen molar-refractivity contribution in [2.45, 2.75) is 38.6 Å². The molecule has 0 radical (unpaired) electrons. The van der Waals surface area contributed by atoms with E-state index in [1.165, 1.54) is 11.1 Å². The number of benzene rings is 1. The van der Waals surface area contributed by atoms with Crippen LogP contribution in [0, 0.1) is 0 Å². The first-order valence-corrected chi connectivity index (χ1v) is 8.16. The van der Waals surface area contributed by atoms with E-state index in [-0.39, 0.29) is 11.5 Å². The molecule has 1 aliphatic carbocycles. The summed E-state index contributed by atoms with van der Waals surface area (Å²) in [5, 5.41) is 7.48. The number of aromatic nitrogens is 3. The fraction of sp³-hybridized carbons (Fsp3) is 0.316. The summed E-state index contributed by atoms with van der Waals surface area (Å²) < 4.78 is 5.47. The number of hydrogen-bond acceptors (Lipinski definition) is 5. The summed E-state index contributed by atoms with van der Waals surface area (Å²) in [4.78, 5) is 8.99. The van der Waals surface area contributed by atoms with Crippen LogP contribution in [0.15, 0.2) is 47.1 Å². The van der Waals surface area contributed by atoms with Crippen molar-refractivity contribution in [3.8, 4) is 11.5 Å². The number of pyridine rings is 1. The van der Waals surface area contributed by atoms with Crippen LogP contribution in [0.1, 0.15) is 43.7 Å². The maximum absolute atomic E-state index is 5.47. The fourth-order valence-corrected chi connectivity index (χ4v) is 2.99. The summed E-state index contributed by atoms with van der Waals surface area (Å²) in [6.45, 7) is 6.34. The zero-order chi connectivity index (χ0) is 16.7. The maximum Gasteiger partial charge on any atom is 0.234 e. The third-order valence-electron chi connectivity index (χ3n) is 4.11. The normalized spacial score (nSPS) is 16.4. The van der Waals surface area contributed by atoms with E-state index in [1.54, 1.807) is 6.20 Å². The lowest BCUT2D eigenvalue weighted by molar-refractivity contribution is 0.356. The third kappa shape index (κ3) is 2.77. The Labute approximate surface area is 141 Å². The predicted octanol–water partition coefficient (Wildman–Crippen LogP) is 4.03. The minimum Gasteiger partial charge on any atom is -0.379 e. The van der Waals surface area contributed by atoms with Gasteiger partial charge in [0.05, 0.1) is 17.8 Å². The molecule has 1 aliphatic rings. The van der Waals surface area contributed by atoms with Crippen molar-refractivity contribution in [3.05, 3.63) is 59.6 Å². The quantitative estimate of drug-likeness (QED) is 0.789. The summed E-state index contributed by atoms with van der Waals surface area (Å²) in [5.41, 5.74) is 4.34. The molecule has 0 fully saturated rings.